The van der Waals surface area contributed by atoms with E-state index in [2.05, 4.69) is 0 Å². The zero-order chi connectivity index (χ0) is 29.5. The number of ether oxygens (including phenoxy) is 3. The van der Waals surface area contributed by atoms with Crippen LogP contribution in [0.1, 0.15) is 25.0 Å². The van der Waals surface area contributed by atoms with Gasteiger partial charge in [0, 0.05) is 29.8 Å². The standard InChI is InChI=1S/C35H35NO6/c1-23(2)35(36)32(38)22-41-27-13-14-30-31(37)19-33(42-34(30)18-27)26-15-28(39-20-24-9-5-3-6-10-24)17-29(16-26)40-21-25-11-7-4-8-12-25/h3-19,23,32,35,38H,20-22,36H2,1-2H3. The van der Waals surface area contributed by atoms with E-state index in [0.717, 1.165) is 11.1 Å². The molecular weight excluding hydrogens is 530 g/mol. The molecule has 2 unspecified atom stereocenters. The third kappa shape index (κ3) is 7.37. The molecule has 0 radical (unpaired) electrons. The van der Waals surface area contributed by atoms with E-state index in [1.54, 1.807) is 18.2 Å². The molecule has 7 heteroatoms. The molecule has 0 amide bonds. The van der Waals surface area contributed by atoms with Gasteiger partial charge in [0.15, 0.2) is 5.43 Å². The fourth-order valence-corrected chi connectivity index (χ4v) is 4.47. The molecule has 0 aliphatic carbocycles. The van der Waals surface area contributed by atoms with Gasteiger partial charge in [-0.1, -0.05) is 74.5 Å². The number of fused-ring (bicyclic) bond motifs is 1. The summed E-state index contributed by atoms with van der Waals surface area (Å²) >= 11 is 0. The van der Waals surface area contributed by atoms with E-state index in [1.165, 1.54) is 6.07 Å². The number of nitrogens with two attached hydrogens (primary N) is 1. The normalized spacial score (nSPS) is 12.7. The Morgan fingerprint density at radius 3 is 1.90 bits per heavy atom. The van der Waals surface area contributed by atoms with Crippen LogP contribution in [0, 0.1) is 5.92 Å². The number of benzene rings is 4. The van der Waals surface area contributed by atoms with Crippen LogP contribution in [0.5, 0.6) is 17.2 Å². The van der Waals surface area contributed by atoms with Crippen molar-refractivity contribution >= 4 is 11.0 Å². The van der Waals surface area contributed by atoms with Crippen LogP contribution in [0.25, 0.3) is 22.3 Å². The Balaban J connectivity index is 1.44. The molecule has 0 bridgehead atoms. The van der Waals surface area contributed by atoms with Gasteiger partial charge in [-0.2, -0.15) is 0 Å². The molecule has 1 heterocycles. The lowest BCUT2D eigenvalue weighted by molar-refractivity contribution is 0.0715. The van der Waals surface area contributed by atoms with Crippen LogP contribution < -0.4 is 25.4 Å². The third-order valence-electron chi connectivity index (χ3n) is 7.00. The fourth-order valence-electron chi connectivity index (χ4n) is 4.47. The zero-order valence-electron chi connectivity index (χ0n) is 23.7. The number of rotatable bonds is 12. The monoisotopic (exact) mass is 565 g/mol. The lowest BCUT2D eigenvalue weighted by atomic mass is 10.0. The first-order valence-corrected chi connectivity index (χ1v) is 14.0. The molecule has 0 aliphatic rings. The zero-order valence-corrected chi connectivity index (χ0v) is 23.7. The van der Waals surface area contributed by atoms with Crippen molar-refractivity contribution in [1.29, 1.82) is 0 Å². The van der Waals surface area contributed by atoms with Crippen LogP contribution in [0.4, 0.5) is 0 Å². The second kappa shape index (κ2) is 13.4. The van der Waals surface area contributed by atoms with Gasteiger partial charge in [0.2, 0.25) is 0 Å². The van der Waals surface area contributed by atoms with Crippen LogP contribution in [0.3, 0.4) is 0 Å². The van der Waals surface area contributed by atoms with Crippen molar-refractivity contribution in [1.82, 2.24) is 0 Å². The number of hydrogen-bond acceptors (Lipinski definition) is 7. The van der Waals surface area contributed by atoms with Gasteiger partial charge in [0.1, 0.15) is 54.5 Å². The highest BCUT2D eigenvalue weighted by Crippen LogP contribution is 2.32. The molecule has 3 N–H and O–H groups in total. The Morgan fingerprint density at radius 2 is 1.33 bits per heavy atom. The molecule has 0 spiro atoms. The van der Waals surface area contributed by atoms with Gasteiger partial charge in [-0.05, 0) is 41.3 Å². The summed E-state index contributed by atoms with van der Waals surface area (Å²) in [6.07, 6.45) is -0.827. The molecule has 5 aromatic rings. The lowest BCUT2D eigenvalue weighted by Gasteiger charge is -2.22. The van der Waals surface area contributed by atoms with E-state index < -0.39 is 12.1 Å². The summed E-state index contributed by atoms with van der Waals surface area (Å²) in [6.45, 7) is 4.66. The molecule has 0 fully saturated rings. The smallest absolute Gasteiger partial charge is 0.193 e. The largest absolute Gasteiger partial charge is 0.491 e. The van der Waals surface area contributed by atoms with Crippen molar-refractivity contribution < 1.29 is 23.7 Å². The summed E-state index contributed by atoms with van der Waals surface area (Å²) in [5.74, 6) is 2.09. The maximum absolute atomic E-state index is 13.1. The van der Waals surface area contributed by atoms with E-state index in [0.29, 0.717) is 52.8 Å². The van der Waals surface area contributed by atoms with E-state index in [9.17, 15) is 9.90 Å². The van der Waals surface area contributed by atoms with Gasteiger partial charge < -0.3 is 29.5 Å². The van der Waals surface area contributed by atoms with Gasteiger partial charge in [-0.15, -0.1) is 0 Å². The highest BCUT2D eigenvalue weighted by molar-refractivity contribution is 5.80. The van der Waals surface area contributed by atoms with Crippen molar-refractivity contribution in [2.75, 3.05) is 6.61 Å². The van der Waals surface area contributed by atoms with Crippen molar-refractivity contribution in [2.45, 2.75) is 39.2 Å². The molecule has 216 valence electrons. The lowest BCUT2D eigenvalue weighted by Crippen LogP contribution is -2.42. The Bertz CT molecular complexity index is 1600. The van der Waals surface area contributed by atoms with Gasteiger partial charge in [0.05, 0.1) is 5.39 Å². The second-order valence-electron chi connectivity index (χ2n) is 10.6. The van der Waals surface area contributed by atoms with Crippen LogP contribution in [0.15, 0.2) is 112 Å². The average Bonchev–Trinajstić information content (AvgIpc) is 3.02. The Labute approximate surface area is 245 Å². The molecule has 1 aromatic heterocycles. The summed E-state index contributed by atoms with van der Waals surface area (Å²) in [5.41, 5.74) is 8.90. The fraction of sp³-hybridized carbons (Fsp3) is 0.229. The quantitative estimate of drug-likeness (QED) is 0.182. The molecular formula is C35H35NO6. The Morgan fingerprint density at radius 1 is 0.738 bits per heavy atom. The summed E-state index contributed by atoms with van der Waals surface area (Å²) in [5, 5.41) is 10.8. The van der Waals surface area contributed by atoms with Crippen molar-refractivity contribution in [3.05, 3.63) is 124 Å². The molecule has 5 rings (SSSR count). The van der Waals surface area contributed by atoms with Gasteiger partial charge in [0.25, 0.3) is 0 Å². The summed E-state index contributed by atoms with van der Waals surface area (Å²) in [7, 11) is 0. The van der Waals surface area contributed by atoms with Crippen LogP contribution in [0.2, 0.25) is 0 Å². The maximum Gasteiger partial charge on any atom is 0.193 e. The molecule has 4 aromatic carbocycles. The van der Waals surface area contributed by atoms with Gasteiger partial charge in [-0.25, -0.2) is 0 Å². The molecule has 0 saturated heterocycles. The molecule has 0 saturated carbocycles. The Kier molecular flexibility index (Phi) is 9.21. The van der Waals surface area contributed by atoms with E-state index in [1.807, 2.05) is 92.7 Å². The van der Waals surface area contributed by atoms with E-state index in [-0.39, 0.29) is 18.0 Å². The molecule has 0 aliphatic heterocycles. The highest BCUT2D eigenvalue weighted by atomic mass is 16.5. The minimum atomic E-state index is -0.827. The minimum Gasteiger partial charge on any atom is -0.491 e. The molecule has 7 nitrogen and oxygen atoms in total. The first-order valence-electron chi connectivity index (χ1n) is 14.0. The molecule has 2 atom stereocenters. The summed E-state index contributed by atoms with van der Waals surface area (Å²) < 4.78 is 24.2. The first kappa shape index (κ1) is 28.9. The minimum absolute atomic E-state index is 0.0255. The topological polar surface area (TPSA) is 104 Å². The van der Waals surface area contributed by atoms with Crippen LogP contribution >= 0.6 is 0 Å². The number of aliphatic hydroxyl groups excluding tert-OH is 1. The van der Waals surface area contributed by atoms with Gasteiger partial charge >= 0.3 is 0 Å². The SMILES string of the molecule is CC(C)C(N)C(O)COc1ccc2c(=O)cc(-c3cc(OCc4ccccc4)cc(OCc4ccccc4)c3)oc2c1. The van der Waals surface area contributed by atoms with Gasteiger partial charge in [-0.3, -0.25) is 4.79 Å². The van der Waals surface area contributed by atoms with Crippen LogP contribution in [-0.2, 0) is 13.2 Å². The van der Waals surface area contributed by atoms with Crippen molar-refractivity contribution in [3.63, 3.8) is 0 Å². The summed E-state index contributed by atoms with van der Waals surface area (Å²) in [6, 6.07) is 31.3. The van der Waals surface area contributed by atoms with Crippen LogP contribution in [-0.4, -0.2) is 23.9 Å². The predicted molar refractivity (Wildman–Crippen MR) is 164 cm³/mol. The highest BCUT2D eigenvalue weighted by Gasteiger charge is 2.19. The first-order chi connectivity index (χ1) is 20.4. The van der Waals surface area contributed by atoms with Crippen molar-refractivity contribution in [2.24, 2.45) is 11.7 Å². The maximum atomic E-state index is 13.1. The predicted octanol–water partition coefficient (Wildman–Crippen LogP) is 6.34. The third-order valence-corrected chi connectivity index (χ3v) is 7.00. The number of hydrogen-bond donors (Lipinski definition) is 2. The Hall–Kier alpha value is -4.59. The number of aliphatic hydroxyl groups is 1. The second-order valence-corrected chi connectivity index (χ2v) is 10.6. The van der Waals surface area contributed by atoms with Crippen molar-refractivity contribution in [3.8, 4) is 28.6 Å². The molecule has 42 heavy (non-hydrogen) atoms. The summed E-state index contributed by atoms with van der Waals surface area (Å²) in [4.78, 5) is 13.1. The van der Waals surface area contributed by atoms with E-state index in [4.69, 9.17) is 24.4 Å². The van der Waals surface area contributed by atoms with E-state index >= 15 is 0 Å². The average molecular weight is 566 g/mol.